The maximum absolute atomic E-state index is 5.89. The van der Waals surface area contributed by atoms with Crippen LogP contribution in [0.2, 0.25) is 0 Å². The van der Waals surface area contributed by atoms with Gasteiger partial charge in [-0.3, -0.25) is 9.89 Å². The molecule has 2 rings (SSSR count). The van der Waals surface area contributed by atoms with E-state index in [2.05, 4.69) is 44.5 Å². The lowest BCUT2D eigenvalue weighted by Gasteiger charge is -2.33. The molecule has 0 bridgehead atoms. The van der Waals surface area contributed by atoms with Crippen molar-refractivity contribution >= 4 is 41.3 Å². The smallest absolute Gasteiger partial charge is 0.188 e. The molecule has 22 heavy (non-hydrogen) atoms. The third-order valence-electron chi connectivity index (χ3n) is 3.87. The van der Waals surface area contributed by atoms with Crippen molar-refractivity contribution in [2.75, 3.05) is 52.4 Å². The van der Waals surface area contributed by atoms with Crippen molar-refractivity contribution in [2.24, 2.45) is 10.7 Å². The molecule has 2 heterocycles. The van der Waals surface area contributed by atoms with Crippen molar-refractivity contribution < 1.29 is 0 Å². The largest absolute Gasteiger partial charge is 0.370 e. The molecule has 3 N–H and O–H groups in total. The zero-order valence-corrected chi connectivity index (χ0v) is 16.5. The quantitative estimate of drug-likeness (QED) is 0.385. The summed E-state index contributed by atoms with van der Waals surface area (Å²) in [5, 5.41) is 5.28. The van der Waals surface area contributed by atoms with Crippen LogP contribution in [0, 0.1) is 0 Å². The molecule has 0 unspecified atom stereocenters. The fourth-order valence-corrected chi connectivity index (χ4v) is 3.17. The Balaban J connectivity index is 0.00000242. The Morgan fingerprint density at radius 3 is 2.68 bits per heavy atom. The predicted octanol–water partition coefficient (Wildman–Crippen LogP) is 1.45. The summed E-state index contributed by atoms with van der Waals surface area (Å²) in [5.41, 5.74) is 5.89. The van der Waals surface area contributed by atoms with E-state index < -0.39 is 0 Å². The lowest BCUT2D eigenvalue weighted by molar-refractivity contribution is 0.140. The van der Waals surface area contributed by atoms with E-state index in [1.165, 1.54) is 18.0 Å². The van der Waals surface area contributed by atoms with E-state index in [0.29, 0.717) is 5.96 Å². The van der Waals surface area contributed by atoms with Gasteiger partial charge in [-0.1, -0.05) is 13.0 Å². The highest BCUT2D eigenvalue weighted by Crippen LogP contribution is 2.07. The van der Waals surface area contributed by atoms with Crippen LogP contribution in [0.1, 0.15) is 11.8 Å². The predicted molar refractivity (Wildman–Crippen MR) is 106 cm³/mol. The van der Waals surface area contributed by atoms with Gasteiger partial charge in [0.25, 0.3) is 0 Å². The van der Waals surface area contributed by atoms with E-state index in [4.69, 9.17) is 5.73 Å². The van der Waals surface area contributed by atoms with Crippen LogP contribution in [-0.2, 0) is 6.42 Å². The summed E-state index contributed by atoms with van der Waals surface area (Å²) in [7, 11) is 0. The Morgan fingerprint density at radius 1 is 1.32 bits per heavy atom. The molecule has 0 amide bonds. The number of thiophene rings is 1. The summed E-state index contributed by atoms with van der Waals surface area (Å²) in [6.45, 7) is 10.7. The molecule has 0 spiro atoms. The molecule has 1 aromatic heterocycles. The SMILES string of the molecule is CCN1CCN(CCN=C(N)NCCc2cccs2)CC1.I. The van der Waals surface area contributed by atoms with Gasteiger partial charge in [0.1, 0.15) is 0 Å². The summed E-state index contributed by atoms with van der Waals surface area (Å²) in [6.07, 6.45) is 1.01. The third-order valence-corrected chi connectivity index (χ3v) is 4.80. The minimum Gasteiger partial charge on any atom is -0.370 e. The van der Waals surface area contributed by atoms with Crippen LogP contribution in [0.15, 0.2) is 22.5 Å². The van der Waals surface area contributed by atoms with Gasteiger partial charge in [0.05, 0.1) is 6.54 Å². The van der Waals surface area contributed by atoms with Crippen molar-refractivity contribution in [3.05, 3.63) is 22.4 Å². The molecule has 1 aliphatic rings. The first-order valence-corrected chi connectivity index (χ1v) is 8.66. The first kappa shape index (κ1) is 19.7. The van der Waals surface area contributed by atoms with Gasteiger partial charge in [0, 0.05) is 44.1 Å². The van der Waals surface area contributed by atoms with Crippen LogP contribution in [0.5, 0.6) is 0 Å². The van der Waals surface area contributed by atoms with Crippen molar-refractivity contribution in [3.8, 4) is 0 Å². The maximum Gasteiger partial charge on any atom is 0.188 e. The second-order valence-electron chi connectivity index (χ2n) is 5.30. The highest BCUT2D eigenvalue weighted by molar-refractivity contribution is 14.0. The highest BCUT2D eigenvalue weighted by Gasteiger charge is 2.14. The second kappa shape index (κ2) is 11.2. The van der Waals surface area contributed by atoms with Crippen LogP contribution in [0.3, 0.4) is 0 Å². The minimum absolute atomic E-state index is 0. The van der Waals surface area contributed by atoms with Crippen molar-refractivity contribution in [1.82, 2.24) is 15.1 Å². The number of likely N-dealkylation sites (N-methyl/N-ethyl adjacent to an activating group) is 1. The molecule has 0 aromatic carbocycles. The zero-order chi connectivity index (χ0) is 14.9. The maximum atomic E-state index is 5.89. The molecule has 0 radical (unpaired) electrons. The Hall–Kier alpha value is -0.380. The van der Waals surface area contributed by atoms with E-state index in [1.807, 2.05) is 0 Å². The van der Waals surface area contributed by atoms with Crippen molar-refractivity contribution in [3.63, 3.8) is 0 Å². The molecule has 1 saturated heterocycles. The lowest BCUT2D eigenvalue weighted by Crippen LogP contribution is -2.47. The molecular formula is C15H28IN5S. The number of aliphatic imine (C=N–C) groups is 1. The van der Waals surface area contributed by atoms with E-state index in [9.17, 15) is 0 Å². The molecule has 7 heteroatoms. The van der Waals surface area contributed by atoms with Gasteiger partial charge in [-0.05, 0) is 24.4 Å². The Kier molecular flexibility index (Phi) is 10.0. The number of nitrogens with one attached hydrogen (secondary N) is 1. The first-order chi connectivity index (χ1) is 10.3. The van der Waals surface area contributed by atoms with Gasteiger partial charge >= 0.3 is 0 Å². The molecule has 126 valence electrons. The van der Waals surface area contributed by atoms with Gasteiger partial charge in [-0.25, -0.2) is 0 Å². The first-order valence-electron chi connectivity index (χ1n) is 7.79. The Labute approximate surface area is 155 Å². The van der Waals surface area contributed by atoms with Crippen LogP contribution in [0.25, 0.3) is 0 Å². The minimum atomic E-state index is 0. The lowest BCUT2D eigenvalue weighted by atomic mass is 10.3. The van der Waals surface area contributed by atoms with Gasteiger partial charge in [0.15, 0.2) is 5.96 Å². The van der Waals surface area contributed by atoms with Crippen molar-refractivity contribution in [2.45, 2.75) is 13.3 Å². The molecule has 1 aliphatic heterocycles. The molecule has 0 atom stereocenters. The third kappa shape index (κ3) is 7.26. The number of hydrogen-bond donors (Lipinski definition) is 2. The number of piperazine rings is 1. The molecule has 1 fully saturated rings. The molecule has 1 aromatic rings. The van der Waals surface area contributed by atoms with Gasteiger partial charge in [0.2, 0.25) is 0 Å². The van der Waals surface area contributed by atoms with E-state index in [-0.39, 0.29) is 24.0 Å². The summed E-state index contributed by atoms with van der Waals surface area (Å²) in [4.78, 5) is 10.7. The van der Waals surface area contributed by atoms with E-state index in [1.54, 1.807) is 11.3 Å². The van der Waals surface area contributed by atoms with Crippen molar-refractivity contribution in [1.29, 1.82) is 0 Å². The van der Waals surface area contributed by atoms with Gasteiger partial charge in [-0.15, -0.1) is 35.3 Å². The summed E-state index contributed by atoms with van der Waals surface area (Å²) in [6, 6.07) is 4.23. The Bertz CT molecular complexity index is 416. The van der Waals surface area contributed by atoms with Crippen LogP contribution in [-0.4, -0.2) is 68.1 Å². The number of nitrogens with zero attached hydrogens (tertiary/aromatic N) is 3. The van der Waals surface area contributed by atoms with Gasteiger partial charge < -0.3 is 16.0 Å². The second-order valence-corrected chi connectivity index (χ2v) is 6.33. The van der Waals surface area contributed by atoms with Crippen LogP contribution < -0.4 is 11.1 Å². The average molecular weight is 437 g/mol. The number of hydrogen-bond acceptors (Lipinski definition) is 4. The molecule has 0 aliphatic carbocycles. The van der Waals surface area contributed by atoms with Gasteiger partial charge in [-0.2, -0.15) is 0 Å². The topological polar surface area (TPSA) is 56.9 Å². The Morgan fingerprint density at radius 2 is 2.05 bits per heavy atom. The number of guanidine groups is 1. The number of halogens is 1. The normalized spacial score (nSPS) is 17.2. The molecular weight excluding hydrogens is 409 g/mol. The van der Waals surface area contributed by atoms with E-state index >= 15 is 0 Å². The summed E-state index contributed by atoms with van der Waals surface area (Å²) >= 11 is 1.78. The summed E-state index contributed by atoms with van der Waals surface area (Å²) < 4.78 is 0. The number of rotatable bonds is 7. The van der Waals surface area contributed by atoms with Crippen LogP contribution >= 0.6 is 35.3 Å². The molecule has 5 nitrogen and oxygen atoms in total. The zero-order valence-electron chi connectivity index (χ0n) is 13.3. The fraction of sp³-hybridized carbons (Fsp3) is 0.667. The highest BCUT2D eigenvalue weighted by atomic mass is 127. The number of nitrogens with two attached hydrogens (primary N) is 1. The summed E-state index contributed by atoms with van der Waals surface area (Å²) in [5.74, 6) is 0.568. The molecule has 0 saturated carbocycles. The van der Waals surface area contributed by atoms with Crippen LogP contribution in [0.4, 0.5) is 0 Å². The fourth-order valence-electron chi connectivity index (χ4n) is 2.47. The monoisotopic (exact) mass is 437 g/mol. The average Bonchev–Trinajstić information content (AvgIpc) is 3.01. The standard InChI is InChI=1S/C15H27N5S.HI/c1-2-19-9-11-20(12-10-19)8-7-18-15(16)17-6-5-14-4-3-13-21-14;/h3-4,13H,2,5-12H2,1H3,(H3,16,17,18);1H. The van der Waals surface area contributed by atoms with E-state index in [0.717, 1.165) is 45.7 Å².